The topological polar surface area (TPSA) is 75.6 Å². The summed E-state index contributed by atoms with van der Waals surface area (Å²) in [7, 11) is 0. The molecule has 1 aromatic carbocycles. The standard InChI is InChI=1S/C14H14N6/c1-2-15-14-16-8-7-13(19-14)18-12-9-17-20-11-6-4-3-5-10(11)12/h3-9H,2H2,1H3,(H2,15,16,18,19,20). The lowest BCUT2D eigenvalue weighted by atomic mass is 10.2. The Bertz CT molecular complexity index is 722. The van der Waals surface area contributed by atoms with Crippen LogP contribution in [0, 0.1) is 0 Å². The van der Waals surface area contributed by atoms with E-state index in [1.807, 2.05) is 37.3 Å². The van der Waals surface area contributed by atoms with Crippen LogP contribution in [0.4, 0.5) is 17.5 Å². The number of hydrogen-bond donors (Lipinski definition) is 2. The third kappa shape index (κ3) is 2.49. The molecule has 0 fully saturated rings. The highest BCUT2D eigenvalue weighted by atomic mass is 15.1. The summed E-state index contributed by atoms with van der Waals surface area (Å²) in [5, 5.41) is 15.4. The van der Waals surface area contributed by atoms with Crippen LogP contribution in [0.3, 0.4) is 0 Å². The molecule has 3 aromatic rings. The molecule has 0 aliphatic carbocycles. The van der Waals surface area contributed by atoms with Crippen molar-refractivity contribution in [2.45, 2.75) is 6.92 Å². The second-order valence-electron chi connectivity index (χ2n) is 4.20. The molecule has 6 nitrogen and oxygen atoms in total. The van der Waals surface area contributed by atoms with E-state index in [1.165, 1.54) is 0 Å². The molecule has 0 aliphatic rings. The van der Waals surface area contributed by atoms with Crippen LogP contribution in [0.2, 0.25) is 0 Å². The van der Waals surface area contributed by atoms with Gasteiger partial charge in [0.1, 0.15) is 5.82 Å². The smallest absolute Gasteiger partial charge is 0.224 e. The van der Waals surface area contributed by atoms with Gasteiger partial charge in [0.15, 0.2) is 0 Å². The largest absolute Gasteiger partial charge is 0.354 e. The van der Waals surface area contributed by atoms with Gasteiger partial charge in [0.2, 0.25) is 5.95 Å². The Balaban J connectivity index is 1.95. The first-order chi connectivity index (χ1) is 9.86. The molecule has 3 rings (SSSR count). The van der Waals surface area contributed by atoms with Gasteiger partial charge in [-0.1, -0.05) is 18.2 Å². The van der Waals surface area contributed by atoms with E-state index in [0.29, 0.717) is 11.8 Å². The minimum Gasteiger partial charge on any atom is -0.354 e. The van der Waals surface area contributed by atoms with Crippen molar-refractivity contribution in [2.24, 2.45) is 0 Å². The number of benzene rings is 1. The molecule has 0 spiro atoms. The normalized spacial score (nSPS) is 10.4. The molecule has 100 valence electrons. The first-order valence-electron chi connectivity index (χ1n) is 6.41. The zero-order valence-electron chi connectivity index (χ0n) is 11.0. The summed E-state index contributed by atoms with van der Waals surface area (Å²) >= 11 is 0. The van der Waals surface area contributed by atoms with Gasteiger partial charge in [-0.05, 0) is 19.1 Å². The lowest BCUT2D eigenvalue weighted by molar-refractivity contribution is 1.07. The lowest BCUT2D eigenvalue weighted by Crippen LogP contribution is -2.04. The predicted octanol–water partition coefficient (Wildman–Crippen LogP) is 2.60. The van der Waals surface area contributed by atoms with Gasteiger partial charge in [0, 0.05) is 18.1 Å². The first-order valence-corrected chi connectivity index (χ1v) is 6.41. The van der Waals surface area contributed by atoms with Crippen molar-refractivity contribution in [3.8, 4) is 0 Å². The van der Waals surface area contributed by atoms with Crippen LogP contribution in [-0.4, -0.2) is 26.7 Å². The van der Waals surface area contributed by atoms with Crippen LogP contribution < -0.4 is 10.6 Å². The van der Waals surface area contributed by atoms with Crippen LogP contribution in [0.25, 0.3) is 10.9 Å². The minimum atomic E-state index is 0.601. The number of aromatic nitrogens is 4. The Hall–Kier alpha value is -2.76. The van der Waals surface area contributed by atoms with Crippen LogP contribution >= 0.6 is 0 Å². The van der Waals surface area contributed by atoms with Crippen LogP contribution in [0.15, 0.2) is 42.7 Å². The fraction of sp³-hybridized carbons (Fsp3) is 0.143. The van der Waals surface area contributed by atoms with Crippen LogP contribution in [0.1, 0.15) is 6.92 Å². The molecule has 2 N–H and O–H groups in total. The van der Waals surface area contributed by atoms with Crippen molar-refractivity contribution in [1.82, 2.24) is 20.2 Å². The quantitative estimate of drug-likeness (QED) is 0.756. The lowest BCUT2D eigenvalue weighted by Gasteiger charge is -2.09. The number of rotatable bonds is 4. The third-order valence-electron chi connectivity index (χ3n) is 2.80. The van der Waals surface area contributed by atoms with E-state index in [-0.39, 0.29) is 0 Å². The molecule has 0 amide bonds. The average Bonchev–Trinajstić information content (AvgIpc) is 2.48. The molecule has 0 aliphatic heterocycles. The summed E-state index contributed by atoms with van der Waals surface area (Å²) in [5.74, 6) is 1.32. The summed E-state index contributed by atoms with van der Waals surface area (Å²) in [5.41, 5.74) is 1.72. The maximum absolute atomic E-state index is 4.38. The Morgan fingerprint density at radius 2 is 2.05 bits per heavy atom. The highest BCUT2D eigenvalue weighted by molar-refractivity contribution is 5.91. The molecule has 2 aromatic heterocycles. The molecule has 0 atom stereocenters. The van der Waals surface area contributed by atoms with Gasteiger partial charge in [-0.2, -0.15) is 15.2 Å². The molecule has 0 radical (unpaired) electrons. The summed E-state index contributed by atoms with van der Waals surface area (Å²) in [4.78, 5) is 8.53. The Kier molecular flexibility index (Phi) is 3.36. The number of anilines is 3. The molecule has 0 unspecified atom stereocenters. The summed E-state index contributed by atoms with van der Waals surface area (Å²) in [6.07, 6.45) is 3.40. The van der Waals surface area contributed by atoms with E-state index < -0.39 is 0 Å². The van der Waals surface area contributed by atoms with E-state index in [4.69, 9.17) is 0 Å². The number of hydrogen-bond acceptors (Lipinski definition) is 6. The monoisotopic (exact) mass is 266 g/mol. The highest BCUT2D eigenvalue weighted by Crippen LogP contribution is 2.23. The fourth-order valence-corrected chi connectivity index (χ4v) is 1.92. The fourth-order valence-electron chi connectivity index (χ4n) is 1.92. The van der Waals surface area contributed by atoms with Gasteiger partial charge in [-0.3, -0.25) is 0 Å². The summed E-state index contributed by atoms with van der Waals surface area (Å²) in [6, 6.07) is 9.65. The van der Waals surface area contributed by atoms with Gasteiger partial charge in [0.05, 0.1) is 17.4 Å². The summed E-state index contributed by atoms with van der Waals surface area (Å²) in [6.45, 7) is 2.78. The molecular formula is C14H14N6. The highest BCUT2D eigenvalue weighted by Gasteiger charge is 2.04. The third-order valence-corrected chi connectivity index (χ3v) is 2.80. The zero-order chi connectivity index (χ0) is 13.8. The van der Waals surface area contributed by atoms with E-state index in [1.54, 1.807) is 12.4 Å². The van der Waals surface area contributed by atoms with Crippen molar-refractivity contribution in [3.05, 3.63) is 42.7 Å². The minimum absolute atomic E-state index is 0.601. The maximum Gasteiger partial charge on any atom is 0.224 e. The molecule has 20 heavy (non-hydrogen) atoms. The SMILES string of the molecule is CCNc1nccc(Nc2cnnc3ccccc23)n1. The van der Waals surface area contributed by atoms with Gasteiger partial charge >= 0.3 is 0 Å². The van der Waals surface area contributed by atoms with Gasteiger partial charge in [-0.25, -0.2) is 4.98 Å². The Morgan fingerprint density at radius 1 is 1.15 bits per heavy atom. The Morgan fingerprint density at radius 3 is 2.95 bits per heavy atom. The van der Waals surface area contributed by atoms with Crippen molar-refractivity contribution in [3.63, 3.8) is 0 Å². The molecule has 2 heterocycles. The van der Waals surface area contributed by atoms with Crippen molar-refractivity contribution in [1.29, 1.82) is 0 Å². The van der Waals surface area contributed by atoms with E-state index >= 15 is 0 Å². The van der Waals surface area contributed by atoms with Gasteiger partial charge < -0.3 is 10.6 Å². The van der Waals surface area contributed by atoms with Gasteiger partial charge in [0.25, 0.3) is 0 Å². The van der Waals surface area contributed by atoms with E-state index in [2.05, 4.69) is 30.8 Å². The number of fused-ring (bicyclic) bond motifs is 1. The number of nitrogens with zero attached hydrogens (tertiary/aromatic N) is 4. The van der Waals surface area contributed by atoms with Crippen LogP contribution in [0.5, 0.6) is 0 Å². The summed E-state index contributed by atoms with van der Waals surface area (Å²) < 4.78 is 0. The van der Waals surface area contributed by atoms with Crippen LogP contribution in [-0.2, 0) is 0 Å². The molecular weight excluding hydrogens is 252 g/mol. The second-order valence-corrected chi connectivity index (χ2v) is 4.20. The second kappa shape index (κ2) is 5.48. The van der Waals surface area contributed by atoms with Crippen molar-refractivity contribution >= 4 is 28.4 Å². The van der Waals surface area contributed by atoms with Crippen molar-refractivity contribution in [2.75, 3.05) is 17.2 Å². The maximum atomic E-state index is 4.38. The Labute approximate surface area is 116 Å². The van der Waals surface area contributed by atoms with E-state index in [0.717, 1.165) is 23.1 Å². The van der Waals surface area contributed by atoms with E-state index in [9.17, 15) is 0 Å². The average molecular weight is 266 g/mol. The predicted molar refractivity (Wildman–Crippen MR) is 79.0 cm³/mol. The number of nitrogens with one attached hydrogen (secondary N) is 2. The molecule has 0 bridgehead atoms. The molecule has 6 heteroatoms. The molecule has 0 saturated carbocycles. The first kappa shape index (κ1) is 12.3. The van der Waals surface area contributed by atoms with Gasteiger partial charge in [-0.15, -0.1) is 0 Å². The zero-order valence-corrected chi connectivity index (χ0v) is 11.0. The van der Waals surface area contributed by atoms with Crippen molar-refractivity contribution < 1.29 is 0 Å². The molecule has 0 saturated heterocycles.